The minimum absolute atomic E-state index is 0. The van der Waals surface area contributed by atoms with Gasteiger partial charge in [0.2, 0.25) is 10.0 Å². The number of rotatable bonds is 7. The molecule has 8 nitrogen and oxygen atoms in total. The number of aliphatic imine (C=N–C) groups is 1. The molecular formula is C17H29IN4O4S. The van der Waals surface area contributed by atoms with Gasteiger partial charge in [0, 0.05) is 38.4 Å². The molecule has 0 aliphatic carbocycles. The molecule has 0 saturated carbocycles. The second-order valence-corrected chi connectivity index (χ2v) is 8.13. The molecule has 2 rings (SSSR count). The van der Waals surface area contributed by atoms with Gasteiger partial charge in [0.15, 0.2) is 17.5 Å². The van der Waals surface area contributed by atoms with Crippen LogP contribution in [0.1, 0.15) is 13.3 Å². The van der Waals surface area contributed by atoms with E-state index < -0.39 is 10.0 Å². The van der Waals surface area contributed by atoms with E-state index in [9.17, 15) is 8.42 Å². The quantitative estimate of drug-likeness (QED) is 0.330. The Balaban J connectivity index is 0.00000364. The van der Waals surface area contributed by atoms with E-state index in [1.807, 2.05) is 25.1 Å². The fraction of sp³-hybridized carbons (Fsp3) is 0.588. The Morgan fingerprint density at radius 2 is 2.11 bits per heavy atom. The Morgan fingerprint density at radius 1 is 1.37 bits per heavy atom. The molecule has 1 fully saturated rings. The van der Waals surface area contributed by atoms with Crippen molar-refractivity contribution in [2.45, 2.75) is 13.3 Å². The van der Waals surface area contributed by atoms with E-state index in [1.165, 1.54) is 10.6 Å². The first-order chi connectivity index (χ1) is 12.4. The van der Waals surface area contributed by atoms with E-state index in [0.29, 0.717) is 43.7 Å². The van der Waals surface area contributed by atoms with E-state index in [2.05, 4.69) is 15.6 Å². The average Bonchev–Trinajstić information content (AvgIpc) is 3.09. The van der Waals surface area contributed by atoms with Gasteiger partial charge >= 0.3 is 0 Å². The second-order valence-electron chi connectivity index (χ2n) is 6.15. The molecule has 10 heteroatoms. The molecule has 0 spiro atoms. The lowest BCUT2D eigenvalue weighted by atomic mass is 10.1. The van der Waals surface area contributed by atoms with E-state index in [1.54, 1.807) is 14.2 Å². The normalized spacial score (nSPS) is 17.9. The molecular weight excluding hydrogens is 483 g/mol. The Morgan fingerprint density at radius 3 is 2.67 bits per heavy atom. The molecule has 27 heavy (non-hydrogen) atoms. The number of nitrogens with zero attached hydrogens (tertiary/aromatic N) is 2. The van der Waals surface area contributed by atoms with Crippen molar-refractivity contribution in [3.63, 3.8) is 0 Å². The van der Waals surface area contributed by atoms with Gasteiger partial charge in [-0.1, -0.05) is 0 Å². The van der Waals surface area contributed by atoms with Crippen molar-refractivity contribution in [3.8, 4) is 11.5 Å². The SMILES string of the molecule is CCOc1ccc(NC(=NC)NCC2CCN(S(C)(=O)=O)C2)cc1OC.I. The topological polar surface area (TPSA) is 92.3 Å². The summed E-state index contributed by atoms with van der Waals surface area (Å²) in [5, 5.41) is 6.46. The first-order valence-electron chi connectivity index (χ1n) is 8.61. The summed E-state index contributed by atoms with van der Waals surface area (Å²) in [7, 11) is 0.182. The maximum atomic E-state index is 11.6. The van der Waals surface area contributed by atoms with Crippen LogP contribution in [0, 0.1) is 5.92 Å². The van der Waals surface area contributed by atoms with Crippen LogP contribution >= 0.6 is 24.0 Å². The average molecular weight is 512 g/mol. The van der Waals surface area contributed by atoms with Crippen LogP contribution in [-0.4, -0.2) is 65.3 Å². The summed E-state index contributed by atoms with van der Waals surface area (Å²) in [5.41, 5.74) is 0.822. The van der Waals surface area contributed by atoms with Gasteiger partial charge in [-0.05, 0) is 31.4 Å². The van der Waals surface area contributed by atoms with Gasteiger partial charge in [0.05, 0.1) is 20.0 Å². The second kappa shape index (κ2) is 10.9. The van der Waals surface area contributed by atoms with Crippen LogP contribution in [0.5, 0.6) is 11.5 Å². The molecule has 1 aliphatic heterocycles. The highest BCUT2D eigenvalue weighted by Crippen LogP contribution is 2.30. The van der Waals surface area contributed by atoms with Crippen LogP contribution in [0.4, 0.5) is 5.69 Å². The Bertz CT molecular complexity index is 742. The van der Waals surface area contributed by atoms with Crippen LogP contribution in [0.25, 0.3) is 0 Å². The molecule has 0 aromatic heterocycles. The third-order valence-corrected chi connectivity index (χ3v) is 5.50. The van der Waals surface area contributed by atoms with Gasteiger partial charge in [0.25, 0.3) is 0 Å². The minimum atomic E-state index is -3.11. The lowest BCUT2D eigenvalue weighted by Crippen LogP contribution is -2.36. The molecule has 1 unspecified atom stereocenters. The summed E-state index contributed by atoms with van der Waals surface area (Å²) >= 11 is 0. The van der Waals surface area contributed by atoms with Crippen LogP contribution in [-0.2, 0) is 10.0 Å². The molecule has 0 amide bonds. The number of methoxy groups -OCH3 is 1. The zero-order valence-corrected chi connectivity index (χ0v) is 19.3. The predicted octanol–water partition coefficient (Wildman–Crippen LogP) is 1.98. The monoisotopic (exact) mass is 512 g/mol. The predicted molar refractivity (Wildman–Crippen MR) is 119 cm³/mol. The molecule has 1 atom stereocenters. The first-order valence-corrected chi connectivity index (χ1v) is 10.5. The summed E-state index contributed by atoms with van der Waals surface area (Å²) in [4.78, 5) is 4.22. The Kier molecular flexibility index (Phi) is 9.60. The number of sulfonamides is 1. The number of anilines is 1. The van der Waals surface area contributed by atoms with Crippen LogP contribution in [0.3, 0.4) is 0 Å². The maximum absolute atomic E-state index is 11.6. The van der Waals surface area contributed by atoms with Crippen LogP contribution < -0.4 is 20.1 Å². The van der Waals surface area contributed by atoms with Gasteiger partial charge in [-0.2, -0.15) is 0 Å². The van der Waals surface area contributed by atoms with Crippen molar-refractivity contribution in [2.75, 3.05) is 52.0 Å². The molecule has 1 heterocycles. The standard InChI is InChI=1S/C17H28N4O4S.HI/c1-5-25-15-7-6-14(10-16(15)24-3)20-17(18-2)19-11-13-8-9-21(12-13)26(4,22)23;/h6-7,10,13H,5,8-9,11-12H2,1-4H3,(H2,18,19,20);1H. The maximum Gasteiger partial charge on any atom is 0.211 e. The molecule has 0 radical (unpaired) electrons. The number of hydrogen-bond donors (Lipinski definition) is 2. The van der Waals surface area contributed by atoms with Gasteiger partial charge in [-0.3, -0.25) is 4.99 Å². The summed E-state index contributed by atoms with van der Waals surface area (Å²) in [6.45, 7) is 4.26. The van der Waals surface area contributed by atoms with Crippen molar-refractivity contribution >= 4 is 45.6 Å². The molecule has 1 aromatic carbocycles. The number of benzene rings is 1. The van der Waals surface area contributed by atoms with Crippen molar-refractivity contribution in [3.05, 3.63) is 18.2 Å². The molecule has 1 saturated heterocycles. The minimum Gasteiger partial charge on any atom is -0.493 e. The van der Waals surface area contributed by atoms with E-state index in [4.69, 9.17) is 9.47 Å². The van der Waals surface area contributed by atoms with Crippen molar-refractivity contribution in [2.24, 2.45) is 10.9 Å². The fourth-order valence-electron chi connectivity index (χ4n) is 2.84. The van der Waals surface area contributed by atoms with Crippen molar-refractivity contribution < 1.29 is 17.9 Å². The van der Waals surface area contributed by atoms with Crippen LogP contribution in [0.15, 0.2) is 23.2 Å². The van der Waals surface area contributed by atoms with Crippen molar-refractivity contribution in [1.82, 2.24) is 9.62 Å². The third-order valence-electron chi connectivity index (χ3n) is 4.23. The number of hydrogen-bond acceptors (Lipinski definition) is 5. The van der Waals surface area contributed by atoms with Crippen LogP contribution in [0.2, 0.25) is 0 Å². The fourth-order valence-corrected chi connectivity index (χ4v) is 3.76. The number of ether oxygens (including phenoxy) is 2. The van der Waals surface area contributed by atoms with Crippen molar-refractivity contribution in [1.29, 1.82) is 0 Å². The molecule has 1 aliphatic rings. The molecule has 2 N–H and O–H groups in total. The van der Waals surface area contributed by atoms with Gasteiger partial charge in [-0.15, -0.1) is 24.0 Å². The summed E-state index contributed by atoms with van der Waals surface area (Å²) < 4.78 is 35.6. The lowest BCUT2D eigenvalue weighted by molar-refractivity contribution is 0.311. The van der Waals surface area contributed by atoms with E-state index in [0.717, 1.165) is 12.1 Å². The van der Waals surface area contributed by atoms with Gasteiger partial charge in [0.1, 0.15) is 0 Å². The van der Waals surface area contributed by atoms with Gasteiger partial charge in [-0.25, -0.2) is 12.7 Å². The summed E-state index contributed by atoms with van der Waals surface area (Å²) in [5.74, 6) is 2.22. The Hall–Kier alpha value is -1.27. The summed E-state index contributed by atoms with van der Waals surface area (Å²) in [6, 6.07) is 5.58. The lowest BCUT2D eigenvalue weighted by Gasteiger charge is -2.17. The molecule has 0 bridgehead atoms. The van der Waals surface area contributed by atoms with Gasteiger partial charge < -0.3 is 20.1 Å². The highest BCUT2D eigenvalue weighted by molar-refractivity contribution is 14.0. The van der Waals surface area contributed by atoms with E-state index >= 15 is 0 Å². The third kappa shape index (κ3) is 7.00. The molecule has 1 aromatic rings. The highest BCUT2D eigenvalue weighted by Gasteiger charge is 2.28. The number of nitrogens with one attached hydrogen (secondary N) is 2. The Labute approximate surface area is 178 Å². The zero-order chi connectivity index (χ0) is 19.2. The first kappa shape index (κ1) is 23.8. The van der Waals surface area contributed by atoms with E-state index in [-0.39, 0.29) is 29.9 Å². The zero-order valence-electron chi connectivity index (χ0n) is 16.2. The largest absolute Gasteiger partial charge is 0.493 e. The molecule has 154 valence electrons. The highest BCUT2D eigenvalue weighted by atomic mass is 127. The number of guanidine groups is 1. The smallest absolute Gasteiger partial charge is 0.211 e. The number of halogens is 1. The summed E-state index contributed by atoms with van der Waals surface area (Å²) in [6.07, 6.45) is 2.09.